The first-order valence-electron chi connectivity index (χ1n) is 9.97. The Morgan fingerprint density at radius 2 is 1.77 bits per heavy atom. The molecule has 0 bridgehead atoms. The minimum Gasteiger partial charge on any atom is -0.452 e. The second kappa shape index (κ2) is 10.5. The largest absolute Gasteiger partial charge is 0.452 e. The van der Waals surface area contributed by atoms with Gasteiger partial charge in [0.05, 0.1) is 12.1 Å². The van der Waals surface area contributed by atoms with Gasteiger partial charge in [0, 0.05) is 48.7 Å². The van der Waals surface area contributed by atoms with Crippen LogP contribution in [0.25, 0.3) is 0 Å². The summed E-state index contributed by atoms with van der Waals surface area (Å²) in [5, 5.41) is 2.98. The summed E-state index contributed by atoms with van der Waals surface area (Å²) >= 11 is 3.24. The van der Waals surface area contributed by atoms with Crippen molar-refractivity contribution >= 4 is 39.4 Å². The van der Waals surface area contributed by atoms with Crippen molar-refractivity contribution in [2.45, 2.75) is 13.8 Å². The Morgan fingerprint density at radius 1 is 1.10 bits per heavy atom. The highest BCUT2D eigenvalue weighted by Crippen LogP contribution is 2.19. The van der Waals surface area contributed by atoms with E-state index in [1.54, 1.807) is 17.2 Å². The molecule has 3 rings (SSSR count). The highest BCUT2D eigenvalue weighted by molar-refractivity contribution is 9.10. The quantitative estimate of drug-likeness (QED) is 0.627. The Hall–Kier alpha value is -2.78. The van der Waals surface area contributed by atoms with Crippen molar-refractivity contribution in [1.29, 1.82) is 0 Å². The van der Waals surface area contributed by atoms with Gasteiger partial charge in [0.25, 0.3) is 5.91 Å². The molecule has 1 aromatic heterocycles. The molecule has 1 aliphatic heterocycles. The Morgan fingerprint density at radius 3 is 2.42 bits per heavy atom. The van der Waals surface area contributed by atoms with Crippen LogP contribution in [0, 0.1) is 13.8 Å². The zero-order chi connectivity index (χ0) is 22.4. The fraction of sp³-hybridized carbons (Fsp3) is 0.364. The van der Waals surface area contributed by atoms with Gasteiger partial charge in [0.1, 0.15) is 0 Å². The van der Waals surface area contributed by atoms with Crippen molar-refractivity contribution < 1.29 is 19.1 Å². The number of benzene rings is 1. The van der Waals surface area contributed by atoms with E-state index in [4.69, 9.17) is 4.74 Å². The van der Waals surface area contributed by atoms with Gasteiger partial charge < -0.3 is 15.0 Å². The minimum atomic E-state index is -0.594. The number of anilines is 1. The third kappa shape index (κ3) is 6.35. The van der Waals surface area contributed by atoms with E-state index < -0.39 is 5.97 Å². The normalized spacial score (nSPS) is 14.2. The SMILES string of the molecule is Cc1cccc(C)c1NC(=O)CN1CCN(C(=O)COC(=O)c2cncc(Br)c2)CC1. The molecule has 9 heteroatoms. The summed E-state index contributed by atoms with van der Waals surface area (Å²) in [7, 11) is 0. The maximum atomic E-state index is 12.4. The van der Waals surface area contributed by atoms with E-state index in [2.05, 4.69) is 26.2 Å². The van der Waals surface area contributed by atoms with Gasteiger partial charge in [-0.15, -0.1) is 0 Å². The van der Waals surface area contributed by atoms with Gasteiger partial charge in [-0.25, -0.2) is 4.79 Å². The van der Waals surface area contributed by atoms with Gasteiger partial charge >= 0.3 is 5.97 Å². The monoisotopic (exact) mass is 488 g/mol. The van der Waals surface area contributed by atoms with Crippen LogP contribution in [0.3, 0.4) is 0 Å². The van der Waals surface area contributed by atoms with E-state index in [0.29, 0.717) is 30.7 Å². The standard InChI is InChI=1S/C22H25BrN4O4/c1-15-4-3-5-16(2)21(15)25-19(28)13-26-6-8-27(9-7-26)20(29)14-31-22(30)17-10-18(23)12-24-11-17/h3-5,10-12H,6-9,13-14H2,1-2H3,(H,25,28). The van der Waals surface area contributed by atoms with Gasteiger partial charge in [-0.3, -0.25) is 19.5 Å². The fourth-order valence-corrected chi connectivity index (χ4v) is 3.74. The van der Waals surface area contributed by atoms with Crippen LogP contribution in [-0.2, 0) is 14.3 Å². The number of para-hydroxylation sites is 1. The average molecular weight is 489 g/mol. The molecule has 2 amide bonds. The van der Waals surface area contributed by atoms with E-state index in [0.717, 1.165) is 16.8 Å². The van der Waals surface area contributed by atoms with Crippen LogP contribution in [0.1, 0.15) is 21.5 Å². The van der Waals surface area contributed by atoms with Crippen LogP contribution in [0.4, 0.5) is 5.69 Å². The summed E-state index contributed by atoms with van der Waals surface area (Å²) < 4.78 is 5.77. The summed E-state index contributed by atoms with van der Waals surface area (Å²) in [6.45, 7) is 5.99. The molecule has 31 heavy (non-hydrogen) atoms. The number of aryl methyl sites for hydroxylation is 2. The number of carbonyl (C=O) groups excluding carboxylic acids is 3. The molecule has 1 N–H and O–H groups in total. The Balaban J connectivity index is 1.42. The number of carbonyl (C=O) groups is 3. The second-order valence-corrected chi connectivity index (χ2v) is 8.36. The van der Waals surface area contributed by atoms with Crippen molar-refractivity contribution in [3.63, 3.8) is 0 Å². The lowest BCUT2D eigenvalue weighted by atomic mass is 10.1. The van der Waals surface area contributed by atoms with E-state index >= 15 is 0 Å². The summed E-state index contributed by atoms with van der Waals surface area (Å²) in [5.41, 5.74) is 3.18. The van der Waals surface area contributed by atoms with Crippen LogP contribution < -0.4 is 5.32 Å². The number of ether oxygens (including phenoxy) is 1. The lowest BCUT2D eigenvalue weighted by Gasteiger charge is -2.34. The third-order valence-corrected chi connectivity index (χ3v) is 5.54. The number of hydrogen-bond donors (Lipinski definition) is 1. The van der Waals surface area contributed by atoms with Crippen molar-refractivity contribution in [3.8, 4) is 0 Å². The molecular weight excluding hydrogens is 464 g/mol. The number of nitrogens with one attached hydrogen (secondary N) is 1. The highest BCUT2D eigenvalue weighted by atomic mass is 79.9. The predicted octanol–water partition coefficient (Wildman–Crippen LogP) is 2.40. The molecule has 164 valence electrons. The van der Waals surface area contributed by atoms with Gasteiger partial charge in [0.15, 0.2) is 6.61 Å². The minimum absolute atomic E-state index is 0.0752. The average Bonchev–Trinajstić information content (AvgIpc) is 2.75. The van der Waals surface area contributed by atoms with Gasteiger partial charge in [-0.05, 0) is 47.0 Å². The van der Waals surface area contributed by atoms with E-state index in [9.17, 15) is 14.4 Å². The Labute approximate surface area is 189 Å². The number of pyridine rings is 1. The van der Waals surface area contributed by atoms with E-state index in [1.807, 2.05) is 36.9 Å². The molecule has 2 heterocycles. The number of amides is 2. The molecule has 1 aliphatic rings. The van der Waals surface area contributed by atoms with E-state index in [1.165, 1.54) is 6.20 Å². The molecule has 0 radical (unpaired) electrons. The molecular formula is C22H25BrN4O4. The summed E-state index contributed by atoms with van der Waals surface area (Å²) in [6.07, 6.45) is 2.95. The number of piperazine rings is 1. The van der Waals surface area contributed by atoms with Gasteiger partial charge in [0.2, 0.25) is 5.91 Å². The first kappa shape index (κ1) is 22.9. The smallest absolute Gasteiger partial charge is 0.340 e. The topological polar surface area (TPSA) is 91.8 Å². The summed E-state index contributed by atoms with van der Waals surface area (Å²) in [5.74, 6) is -0.923. The number of aromatic nitrogens is 1. The molecule has 0 unspecified atom stereocenters. The lowest BCUT2D eigenvalue weighted by Crippen LogP contribution is -2.51. The van der Waals surface area contributed by atoms with Crippen LogP contribution in [0.5, 0.6) is 0 Å². The van der Waals surface area contributed by atoms with Crippen molar-refractivity contribution in [1.82, 2.24) is 14.8 Å². The molecule has 8 nitrogen and oxygen atoms in total. The molecule has 0 aliphatic carbocycles. The summed E-state index contributed by atoms with van der Waals surface area (Å²) in [4.78, 5) is 44.4. The van der Waals surface area contributed by atoms with Crippen LogP contribution >= 0.6 is 15.9 Å². The summed E-state index contributed by atoms with van der Waals surface area (Å²) in [6, 6.07) is 7.48. The lowest BCUT2D eigenvalue weighted by molar-refractivity contribution is -0.136. The highest BCUT2D eigenvalue weighted by Gasteiger charge is 2.23. The van der Waals surface area contributed by atoms with Crippen molar-refractivity contribution in [2.24, 2.45) is 0 Å². The van der Waals surface area contributed by atoms with E-state index in [-0.39, 0.29) is 30.5 Å². The van der Waals surface area contributed by atoms with Crippen LogP contribution in [0.2, 0.25) is 0 Å². The maximum Gasteiger partial charge on any atom is 0.340 e. The van der Waals surface area contributed by atoms with Gasteiger partial charge in [-0.1, -0.05) is 18.2 Å². The molecule has 1 saturated heterocycles. The molecule has 0 spiro atoms. The second-order valence-electron chi connectivity index (χ2n) is 7.44. The number of halogens is 1. The number of esters is 1. The van der Waals surface area contributed by atoms with Gasteiger partial charge in [-0.2, -0.15) is 0 Å². The molecule has 0 atom stereocenters. The zero-order valence-corrected chi connectivity index (χ0v) is 19.1. The predicted molar refractivity (Wildman–Crippen MR) is 120 cm³/mol. The maximum absolute atomic E-state index is 12.4. The Kier molecular flexibility index (Phi) is 7.75. The van der Waals surface area contributed by atoms with Crippen molar-refractivity contribution in [3.05, 3.63) is 57.8 Å². The molecule has 1 fully saturated rings. The third-order valence-electron chi connectivity index (χ3n) is 5.11. The number of rotatable bonds is 6. The first-order valence-corrected chi connectivity index (χ1v) is 10.8. The van der Waals surface area contributed by atoms with Crippen LogP contribution in [0.15, 0.2) is 41.1 Å². The number of hydrogen-bond acceptors (Lipinski definition) is 6. The zero-order valence-electron chi connectivity index (χ0n) is 17.6. The number of nitrogens with zero attached hydrogens (tertiary/aromatic N) is 3. The van der Waals surface area contributed by atoms with Crippen LogP contribution in [-0.4, -0.2) is 71.9 Å². The first-order chi connectivity index (χ1) is 14.8. The Bertz CT molecular complexity index is 953. The molecule has 2 aromatic rings. The molecule has 1 aromatic carbocycles. The van der Waals surface area contributed by atoms with Crippen molar-refractivity contribution in [2.75, 3.05) is 44.6 Å². The fourth-order valence-electron chi connectivity index (χ4n) is 3.37. The molecule has 0 saturated carbocycles.